The van der Waals surface area contributed by atoms with Crippen molar-refractivity contribution in [2.75, 3.05) is 5.33 Å². The van der Waals surface area contributed by atoms with Crippen LogP contribution < -0.4 is 0 Å². The summed E-state index contributed by atoms with van der Waals surface area (Å²) in [5.41, 5.74) is 0.212. The molecule has 0 saturated heterocycles. The zero-order valence-electron chi connectivity index (χ0n) is 8.23. The van der Waals surface area contributed by atoms with Gasteiger partial charge < -0.3 is 4.74 Å². The Morgan fingerprint density at radius 3 is 2.23 bits per heavy atom. The fraction of sp³-hybridized carbons (Fsp3) is 1.00. The van der Waals surface area contributed by atoms with Gasteiger partial charge >= 0.3 is 0 Å². The van der Waals surface area contributed by atoms with Gasteiger partial charge in [-0.25, -0.2) is 0 Å². The molecule has 0 heterocycles. The van der Waals surface area contributed by atoms with Crippen molar-refractivity contribution in [2.24, 2.45) is 0 Å². The molecule has 2 rings (SSSR count). The minimum Gasteiger partial charge on any atom is -0.371 e. The van der Waals surface area contributed by atoms with Crippen LogP contribution in [0.15, 0.2) is 0 Å². The quantitative estimate of drug-likeness (QED) is 0.691. The first-order valence-corrected chi connectivity index (χ1v) is 6.71. The first kappa shape index (κ1) is 9.97. The molecule has 0 unspecified atom stereocenters. The standard InChI is InChI=1S/C11H19BrO/c12-9-11(7-2-1-3-8-11)13-10-5-4-6-10/h10H,1-9H2. The average Bonchev–Trinajstić information content (AvgIpc) is 2.13. The molecular weight excluding hydrogens is 228 g/mol. The van der Waals surface area contributed by atoms with Gasteiger partial charge in [0, 0.05) is 5.33 Å². The lowest BCUT2D eigenvalue weighted by Gasteiger charge is -2.41. The Morgan fingerprint density at radius 2 is 1.77 bits per heavy atom. The zero-order valence-corrected chi connectivity index (χ0v) is 9.81. The van der Waals surface area contributed by atoms with Crippen LogP contribution in [0.4, 0.5) is 0 Å². The van der Waals surface area contributed by atoms with Crippen LogP contribution in [0.2, 0.25) is 0 Å². The smallest absolute Gasteiger partial charge is 0.0782 e. The fourth-order valence-electron chi connectivity index (χ4n) is 2.32. The van der Waals surface area contributed by atoms with E-state index in [1.165, 1.54) is 51.4 Å². The Hall–Kier alpha value is 0.440. The number of halogens is 1. The van der Waals surface area contributed by atoms with Crippen LogP contribution in [0, 0.1) is 0 Å². The summed E-state index contributed by atoms with van der Waals surface area (Å²) >= 11 is 3.62. The molecule has 0 spiro atoms. The van der Waals surface area contributed by atoms with Gasteiger partial charge in [0.15, 0.2) is 0 Å². The highest BCUT2D eigenvalue weighted by molar-refractivity contribution is 9.09. The molecule has 1 nitrogen and oxygen atoms in total. The van der Waals surface area contributed by atoms with Crippen LogP contribution in [0.5, 0.6) is 0 Å². The third-order valence-electron chi connectivity index (χ3n) is 3.48. The summed E-state index contributed by atoms with van der Waals surface area (Å²) in [5, 5.41) is 1.04. The molecule has 0 aromatic carbocycles. The number of alkyl halides is 1. The van der Waals surface area contributed by atoms with Gasteiger partial charge in [-0.1, -0.05) is 35.2 Å². The van der Waals surface area contributed by atoms with E-state index in [4.69, 9.17) is 4.74 Å². The van der Waals surface area contributed by atoms with Gasteiger partial charge in [-0.15, -0.1) is 0 Å². The van der Waals surface area contributed by atoms with E-state index in [-0.39, 0.29) is 5.60 Å². The predicted molar refractivity (Wildman–Crippen MR) is 58.3 cm³/mol. The topological polar surface area (TPSA) is 9.23 Å². The molecule has 76 valence electrons. The highest BCUT2D eigenvalue weighted by Crippen LogP contribution is 2.37. The van der Waals surface area contributed by atoms with Gasteiger partial charge in [0.2, 0.25) is 0 Å². The maximum Gasteiger partial charge on any atom is 0.0782 e. The van der Waals surface area contributed by atoms with Crippen LogP contribution in [0.3, 0.4) is 0 Å². The molecule has 2 aliphatic carbocycles. The Morgan fingerprint density at radius 1 is 1.08 bits per heavy atom. The van der Waals surface area contributed by atoms with E-state index in [0.29, 0.717) is 6.10 Å². The number of ether oxygens (including phenoxy) is 1. The van der Waals surface area contributed by atoms with Crippen molar-refractivity contribution in [3.63, 3.8) is 0 Å². The van der Waals surface area contributed by atoms with Crippen LogP contribution in [-0.4, -0.2) is 17.0 Å². The molecule has 0 atom stereocenters. The van der Waals surface area contributed by atoms with Crippen molar-refractivity contribution in [1.82, 2.24) is 0 Å². The van der Waals surface area contributed by atoms with E-state index in [9.17, 15) is 0 Å². The van der Waals surface area contributed by atoms with Crippen molar-refractivity contribution in [1.29, 1.82) is 0 Å². The van der Waals surface area contributed by atoms with Crippen LogP contribution in [0.1, 0.15) is 51.4 Å². The van der Waals surface area contributed by atoms with Gasteiger partial charge in [0.25, 0.3) is 0 Å². The first-order chi connectivity index (χ1) is 6.35. The number of hydrogen-bond acceptors (Lipinski definition) is 1. The molecule has 0 bridgehead atoms. The van der Waals surface area contributed by atoms with Crippen LogP contribution in [-0.2, 0) is 4.74 Å². The third kappa shape index (κ3) is 2.27. The highest BCUT2D eigenvalue weighted by atomic mass is 79.9. The molecule has 2 saturated carbocycles. The number of hydrogen-bond donors (Lipinski definition) is 0. The summed E-state index contributed by atoms with van der Waals surface area (Å²) in [6.45, 7) is 0. The monoisotopic (exact) mass is 246 g/mol. The van der Waals surface area contributed by atoms with Gasteiger partial charge in [0.1, 0.15) is 0 Å². The van der Waals surface area contributed by atoms with E-state index >= 15 is 0 Å². The lowest BCUT2D eigenvalue weighted by atomic mass is 9.85. The molecule has 13 heavy (non-hydrogen) atoms. The van der Waals surface area contributed by atoms with E-state index in [0.717, 1.165) is 5.33 Å². The maximum absolute atomic E-state index is 6.22. The molecule has 0 N–H and O–H groups in total. The van der Waals surface area contributed by atoms with Crippen LogP contribution in [0.25, 0.3) is 0 Å². The van der Waals surface area contributed by atoms with Crippen molar-refractivity contribution >= 4 is 15.9 Å². The van der Waals surface area contributed by atoms with E-state index in [2.05, 4.69) is 15.9 Å². The average molecular weight is 247 g/mol. The summed E-state index contributed by atoms with van der Waals surface area (Å²) in [6.07, 6.45) is 11.2. The molecule has 2 aliphatic rings. The maximum atomic E-state index is 6.22. The minimum atomic E-state index is 0.212. The SMILES string of the molecule is BrCC1(OC2CCC2)CCCCC1. The summed E-state index contributed by atoms with van der Waals surface area (Å²) in [6, 6.07) is 0. The zero-order chi connectivity index (χ0) is 9.15. The number of rotatable bonds is 3. The summed E-state index contributed by atoms with van der Waals surface area (Å²) in [7, 11) is 0. The van der Waals surface area contributed by atoms with Crippen molar-refractivity contribution in [3.8, 4) is 0 Å². The molecule has 0 aromatic heterocycles. The Balaban J connectivity index is 1.88. The second-order valence-electron chi connectivity index (χ2n) is 4.55. The summed E-state index contributed by atoms with van der Waals surface area (Å²) in [5.74, 6) is 0. The predicted octanol–water partition coefficient (Wildman–Crippen LogP) is 3.65. The van der Waals surface area contributed by atoms with Crippen molar-refractivity contribution in [2.45, 2.75) is 63.1 Å². The Labute approximate surface area is 89.4 Å². The molecule has 0 aliphatic heterocycles. The minimum absolute atomic E-state index is 0.212. The molecular formula is C11H19BrO. The molecule has 2 fully saturated rings. The van der Waals surface area contributed by atoms with Gasteiger partial charge in [0.05, 0.1) is 11.7 Å². The first-order valence-electron chi connectivity index (χ1n) is 5.58. The van der Waals surface area contributed by atoms with Crippen molar-refractivity contribution in [3.05, 3.63) is 0 Å². The summed E-state index contributed by atoms with van der Waals surface area (Å²) in [4.78, 5) is 0. The summed E-state index contributed by atoms with van der Waals surface area (Å²) < 4.78 is 6.22. The van der Waals surface area contributed by atoms with Gasteiger partial charge in [-0.2, -0.15) is 0 Å². The highest BCUT2D eigenvalue weighted by Gasteiger charge is 2.35. The van der Waals surface area contributed by atoms with Crippen LogP contribution >= 0.6 is 15.9 Å². The lowest BCUT2D eigenvalue weighted by molar-refractivity contribution is -0.124. The van der Waals surface area contributed by atoms with Gasteiger partial charge in [-0.05, 0) is 32.1 Å². The normalized spacial score (nSPS) is 28.4. The Bertz CT molecular complexity index is 159. The largest absolute Gasteiger partial charge is 0.371 e. The van der Waals surface area contributed by atoms with E-state index < -0.39 is 0 Å². The molecule has 0 amide bonds. The van der Waals surface area contributed by atoms with Gasteiger partial charge in [-0.3, -0.25) is 0 Å². The lowest BCUT2D eigenvalue weighted by Crippen LogP contribution is -2.42. The Kier molecular flexibility index (Phi) is 3.31. The second-order valence-corrected chi connectivity index (χ2v) is 5.11. The van der Waals surface area contributed by atoms with Crippen molar-refractivity contribution < 1.29 is 4.74 Å². The molecule has 0 radical (unpaired) electrons. The molecule has 0 aromatic rings. The fourth-order valence-corrected chi connectivity index (χ4v) is 3.01. The van der Waals surface area contributed by atoms with E-state index in [1.807, 2.05) is 0 Å². The van der Waals surface area contributed by atoms with E-state index in [1.54, 1.807) is 0 Å². The third-order valence-corrected chi connectivity index (χ3v) is 4.50. The molecule has 2 heteroatoms. The second kappa shape index (κ2) is 4.31.